The van der Waals surface area contributed by atoms with Crippen molar-refractivity contribution >= 4 is 5.91 Å². The molecule has 0 aliphatic carbocycles. The summed E-state index contributed by atoms with van der Waals surface area (Å²) in [4.78, 5) is 15.4. The van der Waals surface area contributed by atoms with Crippen LogP contribution in [0.1, 0.15) is 49.3 Å². The number of benzene rings is 2. The summed E-state index contributed by atoms with van der Waals surface area (Å²) < 4.78 is 0. The lowest BCUT2D eigenvalue weighted by atomic mass is 9.88. The molecule has 4 rings (SSSR count). The summed E-state index contributed by atoms with van der Waals surface area (Å²) in [6.07, 6.45) is 5.59. The van der Waals surface area contributed by atoms with E-state index in [0.29, 0.717) is 24.4 Å². The first-order valence-corrected chi connectivity index (χ1v) is 9.82. The van der Waals surface area contributed by atoms with E-state index in [1.807, 2.05) is 36.4 Å². The molecule has 0 radical (unpaired) electrons. The Morgan fingerprint density at radius 2 is 1.46 bits per heavy atom. The Morgan fingerprint density at radius 3 is 1.96 bits per heavy atom. The summed E-state index contributed by atoms with van der Waals surface area (Å²) in [5, 5.41) is 3.31. The highest BCUT2D eigenvalue weighted by Crippen LogP contribution is 2.38. The van der Waals surface area contributed by atoms with E-state index in [9.17, 15) is 4.79 Å². The highest BCUT2D eigenvalue weighted by atomic mass is 16.1. The molecule has 1 amide bonds. The van der Waals surface area contributed by atoms with Crippen LogP contribution in [0.2, 0.25) is 0 Å². The van der Waals surface area contributed by atoms with E-state index >= 15 is 0 Å². The van der Waals surface area contributed by atoms with E-state index < -0.39 is 0 Å². The lowest BCUT2D eigenvalue weighted by Gasteiger charge is -2.36. The molecule has 2 aromatic carbocycles. The fourth-order valence-electron chi connectivity index (χ4n) is 4.82. The monoisotopic (exact) mass is 348 g/mol. The molecule has 2 saturated heterocycles. The minimum atomic E-state index is -0.0760. The zero-order valence-corrected chi connectivity index (χ0v) is 15.5. The maximum Gasteiger partial charge on any atom is 0.221 e. The number of carbonyl (C=O) groups excluding carboxylic acids is 1. The Morgan fingerprint density at radius 1 is 0.962 bits per heavy atom. The topological polar surface area (TPSA) is 32.3 Å². The fourth-order valence-corrected chi connectivity index (χ4v) is 4.82. The second-order valence-electron chi connectivity index (χ2n) is 7.91. The third-order valence-corrected chi connectivity index (χ3v) is 6.24. The van der Waals surface area contributed by atoms with Crippen LogP contribution in [0.15, 0.2) is 60.7 Å². The molecule has 1 unspecified atom stereocenters. The molecule has 2 aromatic rings. The van der Waals surface area contributed by atoms with Gasteiger partial charge in [0.05, 0.1) is 6.04 Å². The molecule has 2 heterocycles. The van der Waals surface area contributed by atoms with E-state index in [0.717, 1.165) is 11.1 Å². The van der Waals surface area contributed by atoms with Gasteiger partial charge in [0.2, 0.25) is 5.91 Å². The van der Waals surface area contributed by atoms with Crippen molar-refractivity contribution in [3.8, 4) is 0 Å². The molecule has 2 fully saturated rings. The van der Waals surface area contributed by atoms with Crippen molar-refractivity contribution in [3.05, 3.63) is 71.8 Å². The van der Waals surface area contributed by atoms with Crippen molar-refractivity contribution in [1.82, 2.24) is 10.2 Å². The quantitative estimate of drug-likeness (QED) is 0.880. The van der Waals surface area contributed by atoms with Gasteiger partial charge in [-0.2, -0.15) is 0 Å². The van der Waals surface area contributed by atoms with Crippen LogP contribution in [-0.2, 0) is 4.79 Å². The predicted molar refractivity (Wildman–Crippen MR) is 105 cm³/mol. The van der Waals surface area contributed by atoms with Crippen LogP contribution >= 0.6 is 0 Å². The molecule has 2 aliphatic heterocycles. The first-order valence-electron chi connectivity index (χ1n) is 9.82. The molecular formula is C23H28N2O. The molecule has 0 saturated carbocycles. The lowest BCUT2D eigenvalue weighted by molar-refractivity contribution is -0.123. The number of piperidine rings is 1. The van der Waals surface area contributed by atoms with E-state index in [2.05, 4.69) is 41.5 Å². The summed E-state index contributed by atoms with van der Waals surface area (Å²) in [7, 11) is 2.25. The second-order valence-corrected chi connectivity index (χ2v) is 7.91. The predicted octanol–water partition coefficient (Wildman–Crippen LogP) is 4.16. The largest absolute Gasteiger partial charge is 0.345 e. The molecule has 26 heavy (non-hydrogen) atoms. The van der Waals surface area contributed by atoms with Crippen LogP contribution < -0.4 is 5.32 Å². The maximum absolute atomic E-state index is 12.9. The summed E-state index contributed by atoms with van der Waals surface area (Å²) >= 11 is 0. The average Bonchev–Trinajstić information content (AvgIpc) is 2.88. The molecule has 136 valence electrons. The van der Waals surface area contributed by atoms with E-state index in [4.69, 9.17) is 0 Å². The van der Waals surface area contributed by atoms with Crippen LogP contribution in [0.3, 0.4) is 0 Å². The van der Waals surface area contributed by atoms with Gasteiger partial charge >= 0.3 is 0 Å². The van der Waals surface area contributed by atoms with Gasteiger partial charge in [-0.1, -0.05) is 60.7 Å². The summed E-state index contributed by atoms with van der Waals surface area (Å²) in [6.45, 7) is 0. The first-order chi connectivity index (χ1) is 12.7. The number of hydrogen-bond donors (Lipinski definition) is 1. The molecule has 3 heteroatoms. The van der Waals surface area contributed by atoms with Gasteiger partial charge in [-0.3, -0.25) is 4.79 Å². The number of fused-ring (bicyclic) bond motifs is 2. The van der Waals surface area contributed by atoms with Crippen LogP contribution in [-0.4, -0.2) is 29.9 Å². The van der Waals surface area contributed by atoms with Gasteiger partial charge < -0.3 is 10.2 Å². The molecule has 2 bridgehead atoms. The zero-order chi connectivity index (χ0) is 17.9. The molecule has 0 spiro atoms. The Kier molecular flexibility index (Phi) is 5.07. The van der Waals surface area contributed by atoms with E-state index in [1.54, 1.807) is 0 Å². The SMILES string of the molecule is CN1[C@@H]2CC[C@H]1CC(CC(=O)NC(c1ccccc1)c1ccccc1)C2. The van der Waals surface area contributed by atoms with Crippen molar-refractivity contribution in [3.63, 3.8) is 0 Å². The smallest absolute Gasteiger partial charge is 0.221 e. The van der Waals surface area contributed by atoms with Crippen molar-refractivity contribution in [2.45, 2.75) is 50.2 Å². The Hall–Kier alpha value is -2.13. The molecule has 3 nitrogen and oxygen atoms in total. The third-order valence-electron chi connectivity index (χ3n) is 6.24. The first kappa shape index (κ1) is 17.3. The van der Waals surface area contributed by atoms with Crippen LogP contribution in [0.25, 0.3) is 0 Å². The number of nitrogens with zero attached hydrogens (tertiary/aromatic N) is 1. The van der Waals surface area contributed by atoms with Gasteiger partial charge in [0.1, 0.15) is 0 Å². The van der Waals surface area contributed by atoms with E-state index in [-0.39, 0.29) is 11.9 Å². The van der Waals surface area contributed by atoms with Gasteiger partial charge in [-0.15, -0.1) is 0 Å². The van der Waals surface area contributed by atoms with E-state index in [1.165, 1.54) is 25.7 Å². The maximum atomic E-state index is 12.9. The highest BCUT2D eigenvalue weighted by molar-refractivity contribution is 5.77. The van der Waals surface area contributed by atoms with Gasteiger partial charge in [-0.25, -0.2) is 0 Å². The zero-order valence-electron chi connectivity index (χ0n) is 15.5. The van der Waals surface area contributed by atoms with Gasteiger partial charge in [-0.05, 0) is 49.8 Å². The number of amides is 1. The Bertz CT molecular complexity index is 677. The molecule has 2 aliphatic rings. The van der Waals surface area contributed by atoms with Crippen molar-refractivity contribution in [2.24, 2.45) is 5.92 Å². The van der Waals surface area contributed by atoms with Crippen LogP contribution in [0.5, 0.6) is 0 Å². The molecule has 0 aromatic heterocycles. The number of rotatable bonds is 5. The third kappa shape index (κ3) is 3.68. The average molecular weight is 348 g/mol. The van der Waals surface area contributed by atoms with Gasteiger partial charge in [0.25, 0.3) is 0 Å². The normalized spacial score (nSPS) is 25.4. The summed E-state index contributed by atoms with van der Waals surface area (Å²) in [6, 6.07) is 21.8. The van der Waals surface area contributed by atoms with Gasteiger partial charge in [0, 0.05) is 18.5 Å². The highest BCUT2D eigenvalue weighted by Gasteiger charge is 2.38. The Labute approximate surface area is 156 Å². The number of hydrogen-bond acceptors (Lipinski definition) is 2. The Balaban J connectivity index is 1.45. The minimum Gasteiger partial charge on any atom is -0.345 e. The van der Waals surface area contributed by atoms with Crippen molar-refractivity contribution < 1.29 is 4.79 Å². The fraction of sp³-hybridized carbons (Fsp3) is 0.435. The molecular weight excluding hydrogens is 320 g/mol. The number of nitrogens with one attached hydrogen (secondary N) is 1. The number of carbonyl (C=O) groups is 1. The van der Waals surface area contributed by atoms with Crippen molar-refractivity contribution in [1.29, 1.82) is 0 Å². The van der Waals surface area contributed by atoms with Crippen molar-refractivity contribution in [2.75, 3.05) is 7.05 Å². The molecule has 3 atom stereocenters. The molecule has 1 N–H and O–H groups in total. The van der Waals surface area contributed by atoms with Crippen LogP contribution in [0.4, 0.5) is 0 Å². The summed E-state index contributed by atoms with van der Waals surface area (Å²) in [5.41, 5.74) is 2.27. The van der Waals surface area contributed by atoms with Crippen LogP contribution in [0, 0.1) is 5.92 Å². The second kappa shape index (κ2) is 7.63. The minimum absolute atomic E-state index is 0.0760. The lowest BCUT2D eigenvalue weighted by Crippen LogP contribution is -2.41. The van der Waals surface area contributed by atoms with Gasteiger partial charge in [0.15, 0.2) is 0 Å². The summed E-state index contributed by atoms with van der Waals surface area (Å²) in [5.74, 6) is 0.701. The standard InChI is InChI=1S/C23H28N2O/c1-25-20-12-13-21(25)15-17(14-20)16-22(26)24-23(18-8-4-2-5-9-18)19-10-6-3-7-11-19/h2-11,17,20-21,23H,12-16H2,1H3,(H,24,26)/t17?,20-,21+.